The number of aliphatic hydroxyl groups excluding tert-OH is 1. The Hall–Kier alpha value is -2.62. The van der Waals surface area contributed by atoms with Gasteiger partial charge in [-0.2, -0.15) is 4.31 Å². The number of nitrogens with zero attached hydrogens (tertiary/aromatic N) is 3. The summed E-state index contributed by atoms with van der Waals surface area (Å²) in [7, 11) is -3.91. The van der Waals surface area contributed by atoms with E-state index in [0.29, 0.717) is 19.3 Å². The standard InChI is InChI=1S/C20H19N3O5S/c24-18-12-20-9-10-22(29(27,28)14-7-5-13(6-8-14)23(25)26)17(18)11-19(20)21-16-4-2-1-3-15(16)20/h1-8,17-18,24H,9-12H2/t17-,18+,20-/m1/s1. The first-order valence-electron chi connectivity index (χ1n) is 9.45. The van der Waals surface area contributed by atoms with E-state index < -0.39 is 32.5 Å². The number of fused-ring (bicyclic) bond motifs is 4. The Labute approximate surface area is 167 Å². The summed E-state index contributed by atoms with van der Waals surface area (Å²) in [6.45, 7) is 0.258. The number of sulfonamides is 1. The third kappa shape index (κ3) is 2.58. The van der Waals surface area contributed by atoms with Crippen molar-refractivity contribution >= 4 is 27.1 Å². The molecule has 3 heterocycles. The molecule has 3 aliphatic heterocycles. The predicted octanol–water partition coefficient (Wildman–Crippen LogP) is 2.54. The number of aliphatic imine (C=N–C) groups is 1. The quantitative estimate of drug-likeness (QED) is 0.614. The first kappa shape index (κ1) is 18.4. The van der Waals surface area contributed by atoms with Crippen molar-refractivity contribution in [3.8, 4) is 0 Å². The minimum absolute atomic E-state index is 0.00866. The molecule has 3 atom stereocenters. The minimum Gasteiger partial charge on any atom is -0.391 e. The van der Waals surface area contributed by atoms with Crippen molar-refractivity contribution in [1.82, 2.24) is 4.31 Å². The van der Waals surface area contributed by atoms with Crippen LogP contribution in [0.15, 0.2) is 58.4 Å². The van der Waals surface area contributed by atoms with Crippen molar-refractivity contribution in [3.05, 3.63) is 64.2 Å². The molecule has 0 aromatic heterocycles. The van der Waals surface area contributed by atoms with E-state index >= 15 is 0 Å². The maximum atomic E-state index is 13.3. The maximum Gasteiger partial charge on any atom is 0.269 e. The molecule has 2 aromatic rings. The summed E-state index contributed by atoms with van der Waals surface area (Å²) in [6.07, 6.45) is 0.556. The molecule has 1 N–H and O–H groups in total. The van der Waals surface area contributed by atoms with Gasteiger partial charge in [0, 0.05) is 36.2 Å². The molecule has 29 heavy (non-hydrogen) atoms. The highest BCUT2D eigenvalue weighted by atomic mass is 32.2. The molecule has 8 nitrogen and oxygen atoms in total. The molecule has 2 aromatic carbocycles. The molecule has 0 unspecified atom stereocenters. The van der Waals surface area contributed by atoms with Crippen LogP contribution in [0.3, 0.4) is 0 Å². The van der Waals surface area contributed by atoms with Gasteiger partial charge in [0.25, 0.3) is 5.69 Å². The Balaban J connectivity index is 1.54. The van der Waals surface area contributed by atoms with Gasteiger partial charge in [0.1, 0.15) is 0 Å². The average molecular weight is 413 g/mol. The highest BCUT2D eigenvalue weighted by Crippen LogP contribution is 2.52. The zero-order valence-electron chi connectivity index (χ0n) is 15.4. The van der Waals surface area contributed by atoms with Crippen molar-refractivity contribution < 1.29 is 18.4 Å². The lowest BCUT2D eigenvalue weighted by molar-refractivity contribution is -0.384. The Morgan fingerprint density at radius 2 is 1.90 bits per heavy atom. The molecule has 0 amide bonds. The van der Waals surface area contributed by atoms with Gasteiger partial charge in [0.05, 0.1) is 27.7 Å². The summed E-state index contributed by atoms with van der Waals surface area (Å²) in [5.41, 5.74) is 2.31. The van der Waals surface area contributed by atoms with Crippen molar-refractivity contribution in [2.45, 2.75) is 41.7 Å². The maximum absolute atomic E-state index is 13.3. The molecule has 3 fully saturated rings. The zero-order valence-corrected chi connectivity index (χ0v) is 16.2. The van der Waals surface area contributed by atoms with Gasteiger partial charge in [-0.3, -0.25) is 15.1 Å². The van der Waals surface area contributed by atoms with Crippen LogP contribution < -0.4 is 0 Å². The topological polar surface area (TPSA) is 113 Å². The number of non-ortho nitro benzene ring substituents is 1. The number of hydrogen-bond acceptors (Lipinski definition) is 6. The van der Waals surface area contributed by atoms with E-state index in [0.717, 1.165) is 17.0 Å². The number of aliphatic hydroxyl groups is 1. The molecule has 150 valence electrons. The second-order valence-corrected chi connectivity index (χ2v) is 9.71. The normalized spacial score (nSPS) is 28.4. The van der Waals surface area contributed by atoms with Crippen LogP contribution in [0.1, 0.15) is 24.8 Å². The van der Waals surface area contributed by atoms with Gasteiger partial charge in [0.2, 0.25) is 10.0 Å². The SMILES string of the molecule is O=[N+]([O-])c1ccc(S(=O)(=O)N2CC[C@]34C[C@H](O)[C@H]2CC3=Nc2ccccc24)cc1. The first-order chi connectivity index (χ1) is 13.8. The molecule has 2 saturated heterocycles. The van der Waals surface area contributed by atoms with E-state index in [1.165, 1.54) is 28.6 Å². The molecule has 2 bridgehead atoms. The molecule has 1 spiro atoms. The van der Waals surface area contributed by atoms with Gasteiger partial charge >= 0.3 is 0 Å². The third-order valence-electron chi connectivity index (χ3n) is 6.41. The molecular weight excluding hydrogens is 394 g/mol. The summed E-state index contributed by atoms with van der Waals surface area (Å²) >= 11 is 0. The number of hydrogen-bond donors (Lipinski definition) is 1. The average Bonchev–Trinajstić information content (AvgIpc) is 2.81. The lowest BCUT2D eigenvalue weighted by Gasteiger charge is -2.39. The molecule has 1 aliphatic carbocycles. The summed E-state index contributed by atoms with van der Waals surface area (Å²) in [6, 6.07) is 12.1. The van der Waals surface area contributed by atoms with Crippen LogP contribution in [-0.4, -0.2) is 47.2 Å². The smallest absolute Gasteiger partial charge is 0.269 e. The van der Waals surface area contributed by atoms with Gasteiger partial charge in [-0.1, -0.05) is 18.2 Å². The molecular formula is C20H19N3O5S. The van der Waals surface area contributed by atoms with Crippen LogP contribution in [-0.2, 0) is 15.4 Å². The van der Waals surface area contributed by atoms with E-state index in [9.17, 15) is 23.6 Å². The Kier molecular flexibility index (Phi) is 3.93. The lowest BCUT2D eigenvalue weighted by Crippen LogP contribution is -2.51. The van der Waals surface area contributed by atoms with Crippen molar-refractivity contribution in [3.63, 3.8) is 0 Å². The minimum atomic E-state index is -3.91. The van der Waals surface area contributed by atoms with E-state index in [1.54, 1.807) is 0 Å². The van der Waals surface area contributed by atoms with Crippen molar-refractivity contribution in [2.24, 2.45) is 4.99 Å². The molecule has 4 aliphatic rings. The van der Waals surface area contributed by atoms with Crippen molar-refractivity contribution in [2.75, 3.05) is 6.54 Å². The Morgan fingerprint density at radius 3 is 2.62 bits per heavy atom. The van der Waals surface area contributed by atoms with Crippen LogP contribution in [0, 0.1) is 10.1 Å². The number of rotatable bonds is 3. The third-order valence-corrected chi connectivity index (χ3v) is 8.35. The summed E-state index contributed by atoms with van der Waals surface area (Å²) in [5, 5.41) is 21.8. The van der Waals surface area contributed by atoms with E-state index in [-0.39, 0.29) is 17.1 Å². The van der Waals surface area contributed by atoms with Crippen LogP contribution in [0.5, 0.6) is 0 Å². The lowest BCUT2D eigenvalue weighted by atomic mass is 9.66. The molecule has 0 radical (unpaired) electrons. The van der Waals surface area contributed by atoms with Gasteiger partial charge in [-0.15, -0.1) is 0 Å². The fourth-order valence-electron chi connectivity index (χ4n) is 4.99. The monoisotopic (exact) mass is 413 g/mol. The van der Waals surface area contributed by atoms with Gasteiger partial charge in [-0.05, 0) is 36.6 Å². The molecule has 9 heteroatoms. The summed E-state index contributed by atoms with van der Waals surface area (Å²) in [4.78, 5) is 15.1. The predicted molar refractivity (Wildman–Crippen MR) is 106 cm³/mol. The number of benzene rings is 2. The van der Waals surface area contributed by atoms with Crippen LogP contribution in [0.2, 0.25) is 0 Å². The van der Waals surface area contributed by atoms with Crippen LogP contribution in [0.4, 0.5) is 11.4 Å². The highest BCUT2D eigenvalue weighted by molar-refractivity contribution is 7.89. The van der Waals surface area contributed by atoms with Crippen LogP contribution in [0.25, 0.3) is 0 Å². The second-order valence-electron chi connectivity index (χ2n) is 7.82. The van der Waals surface area contributed by atoms with Crippen molar-refractivity contribution in [1.29, 1.82) is 0 Å². The number of nitro groups is 1. The number of para-hydroxylation sites is 1. The molecule has 1 saturated carbocycles. The van der Waals surface area contributed by atoms with Crippen LogP contribution >= 0.6 is 0 Å². The Bertz CT molecular complexity index is 1140. The summed E-state index contributed by atoms with van der Waals surface area (Å²) < 4.78 is 28.0. The van der Waals surface area contributed by atoms with E-state index in [1.807, 2.05) is 24.3 Å². The molecule has 6 rings (SSSR count). The number of nitro benzene ring substituents is 1. The first-order valence-corrected chi connectivity index (χ1v) is 10.9. The van der Waals surface area contributed by atoms with Gasteiger partial charge < -0.3 is 5.11 Å². The largest absolute Gasteiger partial charge is 0.391 e. The fourth-order valence-corrected chi connectivity index (χ4v) is 6.65. The fraction of sp³-hybridized carbons (Fsp3) is 0.350. The Morgan fingerprint density at radius 1 is 1.17 bits per heavy atom. The summed E-state index contributed by atoms with van der Waals surface area (Å²) in [5.74, 6) is 0. The van der Waals surface area contributed by atoms with E-state index in [4.69, 9.17) is 4.99 Å². The van der Waals surface area contributed by atoms with Gasteiger partial charge in [-0.25, -0.2) is 8.42 Å². The second kappa shape index (κ2) is 6.19. The highest BCUT2D eigenvalue weighted by Gasteiger charge is 2.55. The van der Waals surface area contributed by atoms with E-state index in [2.05, 4.69) is 0 Å². The van der Waals surface area contributed by atoms with Gasteiger partial charge in [0.15, 0.2) is 0 Å². The zero-order chi connectivity index (χ0) is 20.4.